The average molecular weight is 452 g/mol. The SMILES string of the molecule is C/C=C/C1CCC(c2ccc(C(F)C(F)COc3ccc(OCC)c(F)c3F)cc2)OC1. The van der Waals surface area contributed by atoms with E-state index in [0.29, 0.717) is 12.5 Å². The summed E-state index contributed by atoms with van der Waals surface area (Å²) in [6.07, 6.45) is 1.93. The van der Waals surface area contributed by atoms with E-state index in [1.807, 2.05) is 13.0 Å². The Hall–Kier alpha value is -2.54. The molecular formula is C25H28F4O3. The average Bonchev–Trinajstić information content (AvgIpc) is 2.82. The molecule has 174 valence electrons. The number of allylic oxidation sites excluding steroid dienone is 1. The van der Waals surface area contributed by atoms with Crippen LogP contribution < -0.4 is 9.47 Å². The lowest BCUT2D eigenvalue weighted by Gasteiger charge is -2.28. The van der Waals surface area contributed by atoms with Gasteiger partial charge in [-0.15, -0.1) is 0 Å². The van der Waals surface area contributed by atoms with Crippen molar-refractivity contribution in [2.45, 2.75) is 45.1 Å². The zero-order valence-corrected chi connectivity index (χ0v) is 18.2. The van der Waals surface area contributed by atoms with Crippen LogP contribution in [-0.4, -0.2) is 26.0 Å². The first-order valence-corrected chi connectivity index (χ1v) is 10.8. The molecule has 1 fully saturated rings. The Kier molecular flexibility index (Phi) is 8.56. The van der Waals surface area contributed by atoms with Gasteiger partial charge >= 0.3 is 0 Å². The molecule has 1 aliphatic rings. The Morgan fingerprint density at radius 1 is 1.00 bits per heavy atom. The van der Waals surface area contributed by atoms with Crippen LogP contribution in [0, 0.1) is 17.6 Å². The molecule has 0 N–H and O–H groups in total. The monoisotopic (exact) mass is 452 g/mol. The van der Waals surface area contributed by atoms with Gasteiger partial charge in [-0.1, -0.05) is 36.4 Å². The highest BCUT2D eigenvalue weighted by Gasteiger charge is 2.26. The van der Waals surface area contributed by atoms with Crippen molar-refractivity contribution >= 4 is 0 Å². The normalized spacial score (nSPS) is 20.8. The second-order valence-corrected chi connectivity index (χ2v) is 7.70. The van der Waals surface area contributed by atoms with Gasteiger partial charge in [0.2, 0.25) is 11.6 Å². The molecule has 0 bridgehead atoms. The van der Waals surface area contributed by atoms with E-state index < -0.39 is 36.3 Å². The molecule has 4 atom stereocenters. The van der Waals surface area contributed by atoms with Gasteiger partial charge in [-0.05, 0) is 49.9 Å². The van der Waals surface area contributed by atoms with Gasteiger partial charge in [0, 0.05) is 5.92 Å². The van der Waals surface area contributed by atoms with Gasteiger partial charge in [0.1, 0.15) is 6.61 Å². The van der Waals surface area contributed by atoms with Crippen LogP contribution >= 0.6 is 0 Å². The lowest BCUT2D eigenvalue weighted by molar-refractivity contribution is -0.00528. The second kappa shape index (κ2) is 11.4. The summed E-state index contributed by atoms with van der Waals surface area (Å²) in [5.41, 5.74) is 1.06. The molecule has 1 heterocycles. The van der Waals surface area contributed by atoms with Crippen molar-refractivity contribution in [2.24, 2.45) is 5.92 Å². The number of alkyl halides is 2. The van der Waals surface area contributed by atoms with Crippen LogP contribution in [0.4, 0.5) is 17.6 Å². The third kappa shape index (κ3) is 5.82. The summed E-state index contributed by atoms with van der Waals surface area (Å²) in [5.74, 6) is -2.88. The third-order valence-electron chi connectivity index (χ3n) is 5.43. The minimum Gasteiger partial charge on any atom is -0.491 e. The van der Waals surface area contributed by atoms with Gasteiger partial charge < -0.3 is 14.2 Å². The summed E-state index contributed by atoms with van der Waals surface area (Å²) in [7, 11) is 0. The third-order valence-corrected chi connectivity index (χ3v) is 5.43. The molecule has 3 rings (SSSR count). The maximum atomic E-state index is 14.6. The van der Waals surface area contributed by atoms with Gasteiger partial charge in [-0.25, -0.2) is 8.78 Å². The summed E-state index contributed by atoms with van der Waals surface area (Å²) in [6.45, 7) is 3.65. The van der Waals surface area contributed by atoms with Gasteiger partial charge in [-0.2, -0.15) is 8.78 Å². The number of hydrogen-bond donors (Lipinski definition) is 0. The van der Waals surface area contributed by atoms with Gasteiger partial charge in [0.25, 0.3) is 0 Å². The molecule has 32 heavy (non-hydrogen) atoms. The van der Waals surface area contributed by atoms with Gasteiger partial charge in [0.15, 0.2) is 23.8 Å². The van der Waals surface area contributed by atoms with Gasteiger partial charge in [0.05, 0.1) is 19.3 Å². The van der Waals surface area contributed by atoms with Crippen molar-refractivity contribution in [1.82, 2.24) is 0 Å². The minimum absolute atomic E-state index is 0.0642. The van der Waals surface area contributed by atoms with Crippen LogP contribution in [0.5, 0.6) is 11.5 Å². The number of benzene rings is 2. The molecule has 4 unspecified atom stereocenters. The Balaban J connectivity index is 1.56. The van der Waals surface area contributed by atoms with Gasteiger partial charge in [-0.3, -0.25) is 0 Å². The summed E-state index contributed by atoms with van der Waals surface area (Å²) >= 11 is 0. The molecule has 2 aromatic carbocycles. The van der Waals surface area contributed by atoms with Crippen molar-refractivity contribution in [1.29, 1.82) is 0 Å². The fourth-order valence-corrected chi connectivity index (χ4v) is 3.71. The van der Waals surface area contributed by atoms with E-state index in [9.17, 15) is 17.6 Å². The molecule has 0 aromatic heterocycles. The number of ether oxygens (including phenoxy) is 3. The van der Waals surface area contributed by atoms with Crippen molar-refractivity contribution in [2.75, 3.05) is 19.8 Å². The highest BCUT2D eigenvalue weighted by molar-refractivity contribution is 5.35. The molecule has 0 amide bonds. The first-order valence-electron chi connectivity index (χ1n) is 10.8. The fourth-order valence-electron chi connectivity index (χ4n) is 3.71. The molecule has 2 aromatic rings. The summed E-state index contributed by atoms with van der Waals surface area (Å²) in [6, 6.07) is 8.82. The van der Waals surface area contributed by atoms with Crippen LogP contribution in [0.2, 0.25) is 0 Å². The Labute approximate surface area is 186 Å². The predicted octanol–water partition coefficient (Wildman–Crippen LogP) is 6.84. The van der Waals surface area contributed by atoms with Crippen LogP contribution in [0.3, 0.4) is 0 Å². The van der Waals surface area contributed by atoms with E-state index in [2.05, 4.69) is 6.08 Å². The highest BCUT2D eigenvalue weighted by Crippen LogP contribution is 2.33. The molecule has 1 saturated heterocycles. The quantitative estimate of drug-likeness (QED) is 0.308. The second-order valence-electron chi connectivity index (χ2n) is 7.70. The topological polar surface area (TPSA) is 27.7 Å². The standard InChI is InChI=1S/C25H28F4O3/c1-3-5-16-6-11-20(31-14-16)17-7-9-18(10-8-17)23(27)19(26)15-32-22-13-12-21(30-4-2)24(28)25(22)29/h3,5,7-10,12-13,16,19-20,23H,4,6,11,14-15H2,1-2H3/b5-3+. The van der Waals surface area contributed by atoms with E-state index >= 15 is 0 Å². The van der Waals surface area contributed by atoms with E-state index in [-0.39, 0.29) is 24.0 Å². The van der Waals surface area contributed by atoms with Crippen molar-refractivity contribution in [3.8, 4) is 11.5 Å². The Bertz CT molecular complexity index is 893. The number of halogens is 4. The van der Waals surface area contributed by atoms with Crippen LogP contribution in [0.15, 0.2) is 48.6 Å². The molecule has 0 spiro atoms. The first kappa shape index (κ1) is 24.1. The smallest absolute Gasteiger partial charge is 0.204 e. The Morgan fingerprint density at radius 3 is 2.22 bits per heavy atom. The minimum atomic E-state index is -2.05. The summed E-state index contributed by atoms with van der Waals surface area (Å²) < 4.78 is 72.8. The van der Waals surface area contributed by atoms with E-state index in [4.69, 9.17) is 14.2 Å². The van der Waals surface area contributed by atoms with E-state index in [1.54, 1.807) is 19.1 Å². The van der Waals surface area contributed by atoms with Crippen molar-refractivity contribution in [3.63, 3.8) is 0 Å². The number of rotatable bonds is 9. The fraction of sp³-hybridized carbons (Fsp3) is 0.440. The molecular weight excluding hydrogens is 424 g/mol. The van der Waals surface area contributed by atoms with Crippen LogP contribution in [0.25, 0.3) is 0 Å². The zero-order valence-electron chi connectivity index (χ0n) is 18.2. The predicted molar refractivity (Wildman–Crippen MR) is 114 cm³/mol. The maximum absolute atomic E-state index is 14.6. The molecule has 7 heteroatoms. The Morgan fingerprint density at radius 2 is 1.66 bits per heavy atom. The largest absolute Gasteiger partial charge is 0.491 e. The van der Waals surface area contributed by atoms with E-state index in [0.717, 1.165) is 24.5 Å². The first-order chi connectivity index (χ1) is 15.4. The molecule has 3 nitrogen and oxygen atoms in total. The highest BCUT2D eigenvalue weighted by atomic mass is 19.2. The van der Waals surface area contributed by atoms with E-state index in [1.165, 1.54) is 18.2 Å². The maximum Gasteiger partial charge on any atom is 0.204 e. The lowest BCUT2D eigenvalue weighted by atomic mass is 9.93. The lowest BCUT2D eigenvalue weighted by Crippen LogP contribution is -2.20. The van der Waals surface area contributed by atoms with Crippen molar-refractivity contribution < 1.29 is 31.8 Å². The summed E-state index contributed by atoms with van der Waals surface area (Å²) in [4.78, 5) is 0. The molecule has 0 saturated carbocycles. The molecule has 0 aliphatic carbocycles. The van der Waals surface area contributed by atoms with Crippen LogP contribution in [0.1, 0.15) is 50.1 Å². The molecule has 1 aliphatic heterocycles. The molecule has 0 radical (unpaired) electrons. The summed E-state index contributed by atoms with van der Waals surface area (Å²) in [5, 5.41) is 0. The van der Waals surface area contributed by atoms with Crippen molar-refractivity contribution in [3.05, 3.63) is 71.3 Å². The number of hydrogen-bond acceptors (Lipinski definition) is 3. The zero-order chi connectivity index (χ0) is 23.1. The van der Waals surface area contributed by atoms with Crippen LogP contribution in [-0.2, 0) is 4.74 Å².